The summed E-state index contributed by atoms with van der Waals surface area (Å²) in [6.45, 7) is 7.02. The van der Waals surface area contributed by atoms with Gasteiger partial charge in [-0.25, -0.2) is 0 Å². The van der Waals surface area contributed by atoms with Crippen LogP contribution in [0.3, 0.4) is 0 Å². The summed E-state index contributed by atoms with van der Waals surface area (Å²) in [4.78, 5) is 13.1. The first-order chi connectivity index (χ1) is 5.08. The molecule has 0 aromatic heterocycles. The fraction of sp³-hybridized carbons (Fsp3) is 0.875. The molecule has 64 valence electrons. The van der Waals surface area contributed by atoms with Gasteiger partial charge in [0.15, 0.2) is 0 Å². The monoisotopic (exact) mass is 157 g/mol. The summed E-state index contributed by atoms with van der Waals surface area (Å²) >= 11 is 0. The largest absolute Gasteiger partial charge is 0.359 e. The first-order valence-corrected chi connectivity index (χ1v) is 3.96. The maximum atomic E-state index is 11.3. The Bertz CT molecular complexity index is 165. The average molecular weight is 157 g/mol. The Morgan fingerprint density at radius 1 is 1.64 bits per heavy atom. The van der Waals surface area contributed by atoms with Gasteiger partial charge in [0.05, 0.1) is 12.1 Å². The van der Waals surface area contributed by atoms with E-state index in [1.807, 2.05) is 20.8 Å². The van der Waals surface area contributed by atoms with E-state index in [0.717, 1.165) is 0 Å². The zero-order valence-electron chi connectivity index (χ0n) is 7.39. The quantitative estimate of drug-likeness (QED) is 0.568. The van der Waals surface area contributed by atoms with Gasteiger partial charge in [-0.05, 0) is 13.8 Å². The summed E-state index contributed by atoms with van der Waals surface area (Å²) < 4.78 is 5.20. The fourth-order valence-corrected chi connectivity index (χ4v) is 1.24. The Morgan fingerprint density at radius 3 is 2.64 bits per heavy atom. The Balaban J connectivity index is 2.64. The van der Waals surface area contributed by atoms with Crippen LogP contribution in [0.4, 0.5) is 0 Å². The number of ether oxygens (including phenoxy) is 1. The van der Waals surface area contributed by atoms with Crippen molar-refractivity contribution in [2.24, 2.45) is 0 Å². The number of carbonyl (C=O) groups excluding carboxylic acids is 1. The van der Waals surface area contributed by atoms with Gasteiger partial charge < -0.3 is 9.64 Å². The predicted octanol–water partition coefficient (Wildman–Crippen LogP) is 0.991. The number of rotatable bonds is 1. The molecule has 3 heteroatoms. The first-order valence-electron chi connectivity index (χ1n) is 3.96. The van der Waals surface area contributed by atoms with Gasteiger partial charge in [0, 0.05) is 6.42 Å². The maximum absolute atomic E-state index is 11.3. The second-order valence-electron chi connectivity index (χ2n) is 3.47. The fourth-order valence-electron chi connectivity index (χ4n) is 1.24. The lowest BCUT2D eigenvalue weighted by Crippen LogP contribution is -2.43. The minimum absolute atomic E-state index is 0.104. The van der Waals surface area contributed by atoms with Gasteiger partial charge in [0.25, 0.3) is 0 Å². The van der Waals surface area contributed by atoms with Crippen LogP contribution in [0.15, 0.2) is 0 Å². The van der Waals surface area contributed by atoms with E-state index in [4.69, 9.17) is 4.74 Å². The molecule has 0 aliphatic carbocycles. The van der Waals surface area contributed by atoms with Crippen LogP contribution in [0.1, 0.15) is 27.2 Å². The molecule has 11 heavy (non-hydrogen) atoms. The maximum Gasteiger partial charge on any atom is 0.224 e. The standard InChI is InChI=1S/C8H15NO2/c1-4-7(10)9-6-11-5-8(9,2)3/h4-6H2,1-3H3. The van der Waals surface area contributed by atoms with Gasteiger partial charge in [0.1, 0.15) is 6.73 Å². The molecule has 0 radical (unpaired) electrons. The van der Waals surface area contributed by atoms with Crippen LogP contribution in [0.2, 0.25) is 0 Å². The van der Waals surface area contributed by atoms with Gasteiger partial charge in [-0.2, -0.15) is 0 Å². The Hall–Kier alpha value is -0.570. The van der Waals surface area contributed by atoms with Gasteiger partial charge in [-0.3, -0.25) is 4.79 Å². The molecule has 1 saturated heterocycles. The predicted molar refractivity (Wildman–Crippen MR) is 42.0 cm³/mol. The molecule has 3 nitrogen and oxygen atoms in total. The van der Waals surface area contributed by atoms with Crippen molar-refractivity contribution in [3.63, 3.8) is 0 Å². The summed E-state index contributed by atoms with van der Waals surface area (Å²) in [6.07, 6.45) is 0.562. The highest BCUT2D eigenvalue weighted by atomic mass is 16.5. The van der Waals surface area contributed by atoms with Crippen LogP contribution in [0.5, 0.6) is 0 Å². The highest BCUT2D eigenvalue weighted by molar-refractivity contribution is 5.76. The van der Waals surface area contributed by atoms with Crippen molar-refractivity contribution in [3.05, 3.63) is 0 Å². The molecule has 1 amide bonds. The molecule has 1 aliphatic rings. The topological polar surface area (TPSA) is 29.5 Å². The molecule has 1 heterocycles. The summed E-state index contributed by atoms with van der Waals surface area (Å²) in [6, 6.07) is 0. The van der Waals surface area contributed by atoms with Crippen LogP contribution in [0, 0.1) is 0 Å². The lowest BCUT2D eigenvalue weighted by Gasteiger charge is -2.28. The van der Waals surface area contributed by atoms with Crippen molar-refractivity contribution in [3.8, 4) is 0 Å². The number of hydrogen-bond acceptors (Lipinski definition) is 2. The summed E-state index contributed by atoms with van der Waals surface area (Å²) in [5, 5.41) is 0. The van der Waals surface area contributed by atoms with Crippen molar-refractivity contribution in [1.29, 1.82) is 0 Å². The third kappa shape index (κ3) is 1.53. The first kappa shape index (κ1) is 8.53. The van der Waals surface area contributed by atoms with Crippen LogP contribution in [-0.2, 0) is 9.53 Å². The van der Waals surface area contributed by atoms with Crippen molar-refractivity contribution >= 4 is 5.91 Å². The molecule has 0 spiro atoms. The molecule has 0 aromatic carbocycles. The smallest absolute Gasteiger partial charge is 0.224 e. The van der Waals surface area contributed by atoms with Gasteiger partial charge in [-0.1, -0.05) is 6.92 Å². The van der Waals surface area contributed by atoms with Crippen LogP contribution in [0.25, 0.3) is 0 Å². The summed E-state index contributed by atoms with van der Waals surface area (Å²) in [7, 11) is 0. The van der Waals surface area contributed by atoms with E-state index in [1.54, 1.807) is 4.90 Å². The van der Waals surface area contributed by atoms with Gasteiger partial charge in [-0.15, -0.1) is 0 Å². The number of hydrogen-bond donors (Lipinski definition) is 0. The van der Waals surface area contributed by atoms with Crippen molar-refractivity contribution in [2.75, 3.05) is 13.3 Å². The molecule has 0 aromatic rings. The Labute approximate surface area is 67.3 Å². The average Bonchev–Trinajstić information content (AvgIpc) is 2.28. The second-order valence-corrected chi connectivity index (χ2v) is 3.47. The minimum Gasteiger partial charge on any atom is -0.359 e. The van der Waals surface area contributed by atoms with E-state index in [1.165, 1.54) is 0 Å². The van der Waals surface area contributed by atoms with Crippen molar-refractivity contribution in [1.82, 2.24) is 4.90 Å². The van der Waals surface area contributed by atoms with Gasteiger partial charge >= 0.3 is 0 Å². The molecule has 0 bridgehead atoms. The SMILES string of the molecule is CCC(=O)N1COCC1(C)C. The molecule has 1 fully saturated rings. The summed E-state index contributed by atoms with van der Waals surface area (Å²) in [5.41, 5.74) is -0.104. The molecule has 0 unspecified atom stereocenters. The van der Waals surface area contributed by atoms with E-state index in [0.29, 0.717) is 19.8 Å². The molecule has 1 rings (SSSR count). The van der Waals surface area contributed by atoms with E-state index < -0.39 is 0 Å². The highest BCUT2D eigenvalue weighted by Crippen LogP contribution is 2.21. The van der Waals surface area contributed by atoms with Gasteiger partial charge in [0.2, 0.25) is 5.91 Å². The third-order valence-electron chi connectivity index (χ3n) is 2.01. The molecule has 0 N–H and O–H groups in total. The van der Waals surface area contributed by atoms with Crippen LogP contribution >= 0.6 is 0 Å². The zero-order chi connectivity index (χ0) is 8.48. The van der Waals surface area contributed by atoms with Crippen molar-refractivity contribution < 1.29 is 9.53 Å². The number of amides is 1. The van der Waals surface area contributed by atoms with E-state index in [-0.39, 0.29) is 11.4 Å². The normalized spacial score (nSPS) is 22.3. The van der Waals surface area contributed by atoms with E-state index >= 15 is 0 Å². The molecule has 0 saturated carbocycles. The molecular weight excluding hydrogens is 142 g/mol. The Morgan fingerprint density at radius 2 is 2.27 bits per heavy atom. The molecular formula is C8H15NO2. The minimum atomic E-state index is -0.104. The van der Waals surface area contributed by atoms with Crippen LogP contribution in [-0.4, -0.2) is 29.7 Å². The number of nitrogens with zero attached hydrogens (tertiary/aromatic N) is 1. The zero-order valence-corrected chi connectivity index (χ0v) is 7.39. The van der Waals surface area contributed by atoms with E-state index in [2.05, 4.69) is 0 Å². The second kappa shape index (κ2) is 2.81. The third-order valence-corrected chi connectivity index (χ3v) is 2.01. The van der Waals surface area contributed by atoms with Crippen LogP contribution < -0.4 is 0 Å². The lowest BCUT2D eigenvalue weighted by atomic mass is 10.1. The lowest BCUT2D eigenvalue weighted by molar-refractivity contribution is -0.134. The molecule has 1 aliphatic heterocycles. The number of carbonyl (C=O) groups is 1. The van der Waals surface area contributed by atoms with E-state index in [9.17, 15) is 4.79 Å². The van der Waals surface area contributed by atoms with Crippen molar-refractivity contribution in [2.45, 2.75) is 32.7 Å². The Kier molecular flexibility index (Phi) is 2.18. The molecule has 0 atom stereocenters. The highest BCUT2D eigenvalue weighted by Gasteiger charge is 2.35. The summed E-state index contributed by atoms with van der Waals surface area (Å²) in [5.74, 6) is 0.174.